The molecule has 0 bridgehead atoms. The van der Waals surface area contributed by atoms with Crippen molar-refractivity contribution in [3.05, 3.63) is 56.9 Å². The summed E-state index contributed by atoms with van der Waals surface area (Å²) in [5.41, 5.74) is 4.34. The zero-order chi connectivity index (χ0) is 12.9. The maximum Gasteiger partial charge on any atom is 4.00 e. The van der Waals surface area contributed by atoms with E-state index < -0.39 is 0 Å². The van der Waals surface area contributed by atoms with E-state index in [2.05, 4.69) is 45.9 Å². The van der Waals surface area contributed by atoms with Crippen molar-refractivity contribution in [2.24, 2.45) is 23.7 Å². The molecule has 1 heterocycles. The van der Waals surface area contributed by atoms with Crippen LogP contribution < -0.4 is 0 Å². The first kappa shape index (κ1) is 24.0. The minimum Gasteiger partial charge on any atom is -0.684 e. The Morgan fingerprint density at radius 1 is 0.864 bits per heavy atom. The number of para-hydroxylation sites is 1. The molecule has 1 aromatic rings. The van der Waals surface area contributed by atoms with Gasteiger partial charge in [0.05, 0.1) is 0 Å². The Hall–Kier alpha value is -0.266. The third-order valence-electron chi connectivity index (χ3n) is 5.78. The van der Waals surface area contributed by atoms with Crippen LogP contribution >= 0.6 is 0 Å². The summed E-state index contributed by atoms with van der Waals surface area (Å²) in [7, 11) is 0. The molecule has 2 aliphatic rings. The van der Waals surface area contributed by atoms with E-state index in [0.29, 0.717) is 5.92 Å². The van der Waals surface area contributed by atoms with Crippen LogP contribution in [0.5, 0.6) is 0 Å². The van der Waals surface area contributed by atoms with E-state index in [4.69, 9.17) is 5.32 Å². The van der Waals surface area contributed by atoms with E-state index in [-0.39, 0.29) is 44.0 Å². The Kier molecular flexibility index (Phi) is 9.96. The Balaban J connectivity index is 0. The molecule has 1 fully saturated rings. The van der Waals surface area contributed by atoms with Gasteiger partial charge in [-0.05, 0) is 36.0 Å². The summed E-state index contributed by atoms with van der Waals surface area (Å²) in [5, 5.41) is 4.76. The van der Waals surface area contributed by atoms with Gasteiger partial charge >= 0.3 is 21.7 Å². The molecule has 122 valence electrons. The van der Waals surface area contributed by atoms with Crippen LogP contribution in [0.25, 0.3) is 5.32 Å². The molecule has 4 atom stereocenters. The van der Waals surface area contributed by atoms with Crippen molar-refractivity contribution in [2.45, 2.75) is 40.0 Å². The second-order valence-corrected chi connectivity index (χ2v) is 6.45. The summed E-state index contributed by atoms with van der Waals surface area (Å²) < 4.78 is 0. The predicted octanol–water partition coefficient (Wildman–Crippen LogP) is 6.24. The maximum atomic E-state index is 4.76. The summed E-state index contributed by atoms with van der Waals surface area (Å²) in [6, 6.07) is 6.82. The second kappa shape index (κ2) is 9.13. The van der Waals surface area contributed by atoms with Crippen LogP contribution in [0.3, 0.4) is 0 Å². The SMILES string of the molecule is CC1C(C)C(C)C(c2cccc3c2[N-]CC3)C1C.[CH3-].[CH3-].[CH3-].[Ti+4]. The Morgan fingerprint density at radius 3 is 1.95 bits per heavy atom. The molecule has 0 aromatic heterocycles. The molecule has 1 saturated carbocycles. The van der Waals surface area contributed by atoms with Crippen molar-refractivity contribution in [3.63, 3.8) is 0 Å². The predicted molar refractivity (Wildman–Crippen MR) is 96.7 cm³/mol. The van der Waals surface area contributed by atoms with Gasteiger partial charge in [0.25, 0.3) is 0 Å². The van der Waals surface area contributed by atoms with Crippen LogP contribution in [-0.4, -0.2) is 6.54 Å². The summed E-state index contributed by atoms with van der Waals surface area (Å²) in [6.45, 7) is 10.7. The summed E-state index contributed by atoms with van der Waals surface area (Å²) in [5.74, 6) is 3.89. The number of hydrogen-bond donors (Lipinski definition) is 0. The molecular weight excluding hydrogens is 302 g/mol. The molecule has 2 heteroatoms. The first-order valence-corrected chi connectivity index (χ1v) is 7.40. The largest absolute Gasteiger partial charge is 4.00 e. The quantitative estimate of drug-likeness (QED) is 0.426. The third-order valence-corrected chi connectivity index (χ3v) is 5.78. The van der Waals surface area contributed by atoms with Gasteiger partial charge in [0.15, 0.2) is 0 Å². The van der Waals surface area contributed by atoms with Crippen molar-refractivity contribution < 1.29 is 21.7 Å². The van der Waals surface area contributed by atoms with Gasteiger partial charge in [-0.25, -0.2) is 0 Å². The van der Waals surface area contributed by atoms with Gasteiger partial charge < -0.3 is 27.6 Å². The van der Waals surface area contributed by atoms with Crippen molar-refractivity contribution >= 4 is 5.69 Å². The van der Waals surface area contributed by atoms with Crippen LogP contribution in [0.15, 0.2) is 18.2 Å². The van der Waals surface area contributed by atoms with E-state index in [1.54, 1.807) is 0 Å². The Bertz CT molecular complexity index is 443. The van der Waals surface area contributed by atoms with Gasteiger partial charge in [-0.15, -0.1) is 12.2 Å². The normalized spacial score (nSPS) is 31.5. The fraction of sp³-hybridized carbons (Fsp3) is 0.550. The zero-order valence-electron chi connectivity index (χ0n) is 15.5. The first-order valence-electron chi connectivity index (χ1n) is 7.40. The monoisotopic (exact) mass is 335 g/mol. The van der Waals surface area contributed by atoms with Crippen LogP contribution in [0, 0.1) is 46.0 Å². The molecule has 0 saturated heterocycles. The van der Waals surface area contributed by atoms with Gasteiger partial charge in [0, 0.05) is 0 Å². The van der Waals surface area contributed by atoms with Crippen molar-refractivity contribution in [1.82, 2.24) is 0 Å². The van der Waals surface area contributed by atoms with Gasteiger partial charge in [0.2, 0.25) is 0 Å². The molecule has 0 amide bonds. The fourth-order valence-electron chi connectivity index (χ4n) is 4.22. The standard InChI is InChI=1S/C17H24N.3CH3.Ti/c1-10-11(2)13(4)16(12(10)3)15-7-5-6-14-8-9-18-17(14)15;;;;/h5-7,10-13,16H,8-9H2,1-4H3;3*1H3;/q4*-1;+4. The van der Waals surface area contributed by atoms with Gasteiger partial charge in [-0.3, -0.25) is 0 Å². The van der Waals surface area contributed by atoms with Gasteiger partial charge in [-0.2, -0.15) is 0 Å². The molecule has 1 aromatic carbocycles. The van der Waals surface area contributed by atoms with Gasteiger partial charge in [0.1, 0.15) is 0 Å². The van der Waals surface area contributed by atoms with Crippen LogP contribution in [0.2, 0.25) is 0 Å². The molecule has 22 heavy (non-hydrogen) atoms. The molecule has 4 unspecified atom stereocenters. The number of rotatable bonds is 1. The van der Waals surface area contributed by atoms with E-state index in [1.165, 1.54) is 16.8 Å². The van der Waals surface area contributed by atoms with Crippen LogP contribution in [0.4, 0.5) is 5.69 Å². The number of nitrogens with zero attached hydrogens (tertiary/aromatic N) is 1. The summed E-state index contributed by atoms with van der Waals surface area (Å²) in [6.07, 6.45) is 1.14. The third kappa shape index (κ3) is 3.62. The number of hydrogen-bond acceptors (Lipinski definition) is 0. The van der Waals surface area contributed by atoms with E-state index in [1.807, 2.05) is 0 Å². The van der Waals surface area contributed by atoms with Crippen LogP contribution in [-0.2, 0) is 28.1 Å². The van der Waals surface area contributed by atoms with Crippen LogP contribution in [0.1, 0.15) is 44.7 Å². The number of benzene rings is 1. The van der Waals surface area contributed by atoms with E-state index in [9.17, 15) is 0 Å². The molecule has 0 spiro atoms. The maximum absolute atomic E-state index is 4.76. The Labute approximate surface area is 154 Å². The average molecular weight is 335 g/mol. The fourth-order valence-corrected chi connectivity index (χ4v) is 4.22. The second-order valence-electron chi connectivity index (χ2n) is 6.45. The summed E-state index contributed by atoms with van der Waals surface area (Å²) in [4.78, 5) is 0. The van der Waals surface area contributed by atoms with Crippen molar-refractivity contribution in [3.8, 4) is 0 Å². The molecule has 0 radical (unpaired) electrons. The molecule has 3 rings (SSSR count). The zero-order valence-corrected chi connectivity index (χ0v) is 17.0. The molecule has 0 N–H and O–H groups in total. The smallest absolute Gasteiger partial charge is 0.684 e. The minimum atomic E-state index is 0. The molecule has 1 aliphatic heterocycles. The number of fused-ring (bicyclic) bond motifs is 1. The van der Waals surface area contributed by atoms with E-state index in [0.717, 1.165) is 36.6 Å². The minimum absolute atomic E-state index is 0. The molecule has 1 aliphatic carbocycles. The van der Waals surface area contributed by atoms with Crippen molar-refractivity contribution in [1.29, 1.82) is 0 Å². The van der Waals surface area contributed by atoms with Gasteiger partial charge in [-0.1, -0.05) is 57.0 Å². The Morgan fingerprint density at radius 2 is 1.41 bits per heavy atom. The van der Waals surface area contributed by atoms with Crippen molar-refractivity contribution in [2.75, 3.05) is 6.54 Å². The van der Waals surface area contributed by atoms with E-state index >= 15 is 0 Å². The molecular formula is C20H33NTi. The first-order chi connectivity index (χ1) is 8.61. The average Bonchev–Trinajstić information content (AvgIpc) is 2.91. The summed E-state index contributed by atoms with van der Waals surface area (Å²) >= 11 is 0. The molecule has 1 nitrogen and oxygen atoms in total. The topological polar surface area (TPSA) is 14.1 Å².